The normalized spacial score (nSPS) is 28.8. The molecule has 4 rings (SSSR count). The summed E-state index contributed by atoms with van der Waals surface area (Å²) in [6, 6.07) is 4.10. The molecule has 27 heavy (non-hydrogen) atoms. The van der Waals surface area contributed by atoms with Crippen LogP contribution in [0.2, 0.25) is 0 Å². The van der Waals surface area contributed by atoms with Gasteiger partial charge in [0.15, 0.2) is 0 Å². The number of likely N-dealkylation sites (tertiary alicyclic amines) is 1. The highest BCUT2D eigenvalue weighted by Gasteiger charge is 2.59. The number of benzene rings is 1. The summed E-state index contributed by atoms with van der Waals surface area (Å²) < 4.78 is 37.6. The van der Waals surface area contributed by atoms with Gasteiger partial charge in [-0.1, -0.05) is 12.2 Å². The Hall–Kier alpha value is -2.64. The van der Waals surface area contributed by atoms with Crippen LogP contribution in [0.15, 0.2) is 36.4 Å². The molecule has 1 saturated heterocycles. The Bertz CT molecular complexity index is 802. The summed E-state index contributed by atoms with van der Waals surface area (Å²) in [7, 11) is 0. The third-order valence-corrected chi connectivity index (χ3v) is 5.62. The van der Waals surface area contributed by atoms with Crippen LogP contribution in [0.3, 0.4) is 0 Å². The van der Waals surface area contributed by atoms with Gasteiger partial charge in [0.25, 0.3) is 0 Å². The summed E-state index contributed by atoms with van der Waals surface area (Å²) in [5.74, 6) is -1.28. The van der Waals surface area contributed by atoms with Crippen molar-refractivity contribution in [3.63, 3.8) is 0 Å². The molecule has 2 bridgehead atoms. The number of carbonyl (C=O) groups excluding carboxylic acids is 3. The van der Waals surface area contributed by atoms with Crippen LogP contribution in [0.25, 0.3) is 0 Å². The highest BCUT2D eigenvalue weighted by atomic mass is 19.4. The molecule has 2 aliphatic carbocycles. The second-order valence-corrected chi connectivity index (χ2v) is 7.20. The Labute approximate surface area is 153 Å². The van der Waals surface area contributed by atoms with E-state index in [9.17, 15) is 27.6 Å². The first kappa shape index (κ1) is 17.8. The Morgan fingerprint density at radius 1 is 1.04 bits per heavy atom. The molecule has 0 radical (unpaired) electrons. The zero-order valence-corrected chi connectivity index (χ0v) is 14.2. The largest absolute Gasteiger partial charge is 0.416 e. The molecule has 1 heterocycles. The van der Waals surface area contributed by atoms with E-state index in [0.717, 1.165) is 23.5 Å². The standard InChI is InChI=1S/C19H17F3N2O3/c20-19(21,22)12-3-5-13(6-4-12)23-14(25)7-8-24-17(26)15-10-1-2-11(9-10)16(15)18(24)27/h1-6,10-11,15-16H,7-9H2,(H,23,25)/t10-,11-,15-,16-/m0/s1. The smallest absolute Gasteiger partial charge is 0.326 e. The van der Waals surface area contributed by atoms with Crippen molar-refractivity contribution in [3.05, 3.63) is 42.0 Å². The van der Waals surface area contributed by atoms with Gasteiger partial charge in [-0.3, -0.25) is 19.3 Å². The van der Waals surface area contributed by atoms with Gasteiger partial charge in [-0.15, -0.1) is 0 Å². The molecule has 1 aromatic rings. The topological polar surface area (TPSA) is 66.5 Å². The number of anilines is 1. The average Bonchev–Trinajstić information content (AvgIpc) is 3.28. The van der Waals surface area contributed by atoms with Crippen molar-refractivity contribution in [3.8, 4) is 0 Å². The highest BCUT2D eigenvalue weighted by Crippen LogP contribution is 2.52. The minimum Gasteiger partial charge on any atom is -0.326 e. The van der Waals surface area contributed by atoms with Crippen LogP contribution >= 0.6 is 0 Å². The number of imide groups is 1. The maximum Gasteiger partial charge on any atom is 0.416 e. The summed E-state index contributed by atoms with van der Waals surface area (Å²) in [6.45, 7) is -0.0173. The zero-order valence-electron chi connectivity index (χ0n) is 14.2. The van der Waals surface area contributed by atoms with E-state index in [0.29, 0.717) is 0 Å². The van der Waals surface area contributed by atoms with Crippen LogP contribution in [0, 0.1) is 23.7 Å². The first-order chi connectivity index (χ1) is 12.8. The van der Waals surface area contributed by atoms with E-state index in [2.05, 4.69) is 5.32 Å². The lowest BCUT2D eigenvalue weighted by Crippen LogP contribution is -2.35. The highest BCUT2D eigenvalue weighted by molar-refractivity contribution is 6.06. The maximum absolute atomic E-state index is 12.5. The monoisotopic (exact) mass is 378 g/mol. The van der Waals surface area contributed by atoms with Gasteiger partial charge in [-0.05, 0) is 42.5 Å². The molecule has 0 spiro atoms. The Kier molecular flexibility index (Phi) is 4.09. The predicted octanol–water partition coefficient (Wildman–Crippen LogP) is 2.84. The van der Waals surface area contributed by atoms with Crippen LogP contribution in [-0.2, 0) is 20.6 Å². The molecule has 1 aliphatic heterocycles. The van der Waals surface area contributed by atoms with Crippen molar-refractivity contribution < 1.29 is 27.6 Å². The molecule has 8 heteroatoms. The van der Waals surface area contributed by atoms with Crippen molar-refractivity contribution >= 4 is 23.4 Å². The summed E-state index contributed by atoms with van der Waals surface area (Å²) in [5, 5.41) is 2.49. The molecule has 0 aromatic heterocycles. The number of nitrogens with zero attached hydrogens (tertiary/aromatic N) is 1. The molecule has 4 atom stereocenters. The molecule has 2 fully saturated rings. The third-order valence-electron chi connectivity index (χ3n) is 5.62. The SMILES string of the molecule is O=C(CCN1C(=O)[C@@H]2[C@@H](C1=O)[C@H]1C=C[C@H]2C1)Nc1ccc(C(F)(F)F)cc1. The number of carbonyl (C=O) groups is 3. The van der Waals surface area contributed by atoms with Crippen molar-refractivity contribution in [2.75, 3.05) is 11.9 Å². The zero-order chi connectivity index (χ0) is 19.3. The van der Waals surface area contributed by atoms with Gasteiger partial charge in [0.05, 0.1) is 17.4 Å². The first-order valence-corrected chi connectivity index (χ1v) is 8.76. The number of hydrogen-bond acceptors (Lipinski definition) is 3. The first-order valence-electron chi connectivity index (χ1n) is 8.76. The minimum atomic E-state index is -4.44. The third kappa shape index (κ3) is 3.02. The summed E-state index contributed by atoms with van der Waals surface area (Å²) in [6.07, 6.45) is 0.302. The number of alkyl halides is 3. The van der Waals surface area contributed by atoms with Crippen molar-refractivity contribution in [1.29, 1.82) is 0 Å². The van der Waals surface area contributed by atoms with Gasteiger partial charge in [0.1, 0.15) is 0 Å². The van der Waals surface area contributed by atoms with Gasteiger partial charge in [0, 0.05) is 18.7 Å². The summed E-state index contributed by atoms with van der Waals surface area (Å²) in [5.41, 5.74) is -0.574. The molecular formula is C19H17F3N2O3. The van der Waals surface area contributed by atoms with E-state index in [1.165, 1.54) is 12.1 Å². The van der Waals surface area contributed by atoms with Crippen LogP contribution < -0.4 is 5.32 Å². The number of amides is 3. The van der Waals surface area contributed by atoms with Crippen LogP contribution in [0.5, 0.6) is 0 Å². The molecule has 1 aromatic carbocycles. The fourth-order valence-corrected chi connectivity index (χ4v) is 4.36. The second-order valence-electron chi connectivity index (χ2n) is 7.20. The van der Waals surface area contributed by atoms with Gasteiger partial charge >= 0.3 is 6.18 Å². The van der Waals surface area contributed by atoms with E-state index in [4.69, 9.17) is 0 Å². The van der Waals surface area contributed by atoms with E-state index < -0.39 is 17.6 Å². The molecule has 1 N–H and O–H groups in total. The van der Waals surface area contributed by atoms with Crippen molar-refractivity contribution in [1.82, 2.24) is 4.90 Å². The minimum absolute atomic E-state index is 0.0173. The lowest BCUT2D eigenvalue weighted by Gasteiger charge is -2.17. The molecule has 1 saturated carbocycles. The van der Waals surface area contributed by atoms with Crippen LogP contribution in [0.1, 0.15) is 18.4 Å². The molecule has 3 aliphatic rings. The number of halogens is 3. The lowest BCUT2D eigenvalue weighted by atomic mass is 9.85. The number of nitrogens with one attached hydrogen (secondary N) is 1. The van der Waals surface area contributed by atoms with E-state index in [1.807, 2.05) is 12.2 Å². The fraction of sp³-hybridized carbons (Fsp3) is 0.421. The molecule has 5 nitrogen and oxygen atoms in total. The van der Waals surface area contributed by atoms with Gasteiger partial charge in [-0.2, -0.15) is 13.2 Å². The number of hydrogen-bond donors (Lipinski definition) is 1. The molecule has 3 amide bonds. The van der Waals surface area contributed by atoms with E-state index in [-0.39, 0.29) is 54.1 Å². The number of allylic oxidation sites excluding steroid dienone is 2. The Morgan fingerprint density at radius 2 is 1.59 bits per heavy atom. The van der Waals surface area contributed by atoms with Crippen LogP contribution in [0.4, 0.5) is 18.9 Å². The lowest BCUT2D eigenvalue weighted by molar-refractivity contribution is -0.141. The fourth-order valence-electron chi connectivity index (χ4n) is 4.36. The average molecular weight is 378 g/mol. The van der Waals surface area contributed by atoms with Crippen molar-refractivity contribution in [2.24, 2.45) is 23.7 Å². The molecule has 142 valence electrons. The Morgan fingerprint density at radius 3 is 2.11 bits per heavy atom. The quantitative estimate of drug-likeness (QED) is 0.647. The van der Waals surface area contributed by atoms with Gasteiger partial charge in [-0.25, -0.2) is 0 Å². The summed E-state index contributed by atoms with van der Waals surface area (Å²) >= 11 is 0. The van der Waals surface area contributed by atoms with E-state index >= 15 is 0 Å². The maximum atomic E-state index is 12.5. The molecule has 0 unspecified atom stereocenters. The van der Waals surface area contributed by atoms with Gasteiger partial charge < -0.3 is 5.32 Å². The Balaban J connectivity index is 1.34. The number of fused-ring (bicyclic) bond motifs is 5. The van der Waals surface area contributed by atoms with Gasteiger partial charge in [0.2, 0.25) is 17.7 Å². The van der Waals surface area contributed by atoms with E-state index in [1.54, 1.807) is 0 Å². The molecular weight excluding hydrogens is 361 g/mol. The summed E-state index contributed by atoms with van der Waals surface area (Å²) in [4.78, 5) is 38.3. The van der Waals surface area contributed by atoms with Crippen molar-refractivity contribution in [2.45, 2.75) is 19.0 Å². The second kappa shape index (κ2) is 6.21. The number of rotatable bonds is 4. The van der Waals surface area contributed by atoms with Crippen LogP contribution in [-0.4, -0.2) is 29.2 Å². The predicted molar refractivity (Wildman–Crippen MR) is 89.1 cm³/mol.